The summed E-state index contributed by atoms with van der Waals surface area (Å²) in [4.78, 5) is 3.34. The predicted molar refractivity (Wildman–Crippen MR) is 54.7 cm³/mol. The molecule has 0 amide bonds. The van der Waals surface area contributed by atoms with Gasteiger partial charge in [-0.15, -0.1) is 0 Å². The summed E-state index contributed by atoms with van der Waals surface area (Å²) in [6.45, 7) is 4.50. The van der Waals surface area contributed by atoms with Crippen LogP contribution in [-0.2, 0) is 6.42 Å². The van der Waals surface area contributed by atoms with Gasteiger partial charge in [0.2, 0.25) is 0 Å². The molecule has 72 valence electrons. The van der Waals surface area contributed by atoms with Crippen molar-refractivity contribution in [1.82, 2.24) is 10.3 Å². The Morgan fingerprint density at radius 3 is 3.15 bits per heavy atom. The lowest BCUT2D eigenvalue weighted by molar-refractivity contribution is 0.399. The molecule has 0 radical (unpaired) electrons. The zero-order valence-corrected chi connectivity index (χ0v) is 8.43. The molecule has 0 fully saturated rings. The molecule has 0 spiro atoms. The third-order valence-electron chi connectivity index (χ3n) is 2.82. The second-order valence-electron chi connectivity index (χ2n) is 4.02. The number of aromatic amines is 1. The molecule has 2 rings (SSSR count). The Hall–Kier alpha value is -0.760. The lowest BCUT2D eigenvalue weighted by atomic mass is 9.94. The van der Waals surface area contributed by atoms with E-state index in [1.54, 1.807) is 0 Å². The van der Waals surface area contributed by atoms with Crippen LogP contribution in [0.25, 0.3) is 0 Å². The fourth-order valence-corrected chi connectivity index (χ4v) is 2.25. The second kappa shape index (κ2) is 3.54. The number of fused-ring (bicyclic) bond motifs is 1. The van der Waals surface area contributed by atoms with Gasteiger partial charge < -0.3 is 10.3 Å². The monoisotopic (exact) mass is 178 g/mol. The van der Waals surface area contributed by atoms with Crippen LogP contribution in [0, 0.1) is 0 Å². The molecule has 1 aromatic heterocycles. The molecule has 2 nitrogen and oxygen atoms in total. The number of rotatable bonds is 2. The standard InChI is InChI=1S/C11H18N2/c1-3-4-10-9-5-6-12-11(9)7-8(2)13-10/h5-6,8,10,12-13H,3-4,7H2,1-2H3/t8-,10-/m1/s1. The van der Waals surface area contributed by atoms with Crippen molar-refractivity contribution in [3.63, 3.8) is 0 Å². The van der Waals surface area contributed by atoms with Gasteiger partial charge >= 0.3 is 0 Å². The Labute approximate surface area is 79.7 Å². The van der Waals surface area contributed by atoms with Crippen LogP contribution in [0.1, 0.15) is 44.0 Å². The van der Waals surface area contributed by atoms with Gasteiger partial charge in [-0.3, -0.25) is 0 Å². The molecule has 0 saturated heterocycles. The minimum absolute atomic E-state index is 0.579. The van der Waals surface area contributed by atoms with Crippen LogP contribution in [0.5, 0.6) is 0 Å². The summed E-state index contributed by atoms with van der Waals surface area (Å²) in [7, 11) is 0. The zero-order chi connectivity index (χ0) is 9.26. The molecule has 0 unspecified atom stereocenters. The first kappa shape index (κ1) is 8.82. The topological polar surface area (TPSA) is 27.8 Å². The van der Waals surface area contributed by atoms with Gasteiger partial charge in [0.1, 0.15) is 0 Å². The Morgan fingerprint density at radius 1 is 1.54 bits per heavy atom. The Kier molecular flexibility index (Phi) is 2.40. The predicted octanol–water partition coefficient (Wildman–Crippen LogP) is 2.39. The highest BCUT2D eigenvalue weighted by Gasteiger charge is 2.23. The quantitative estimate of drug-likeness (QED) is 0.715. The van der Waals surface area contributed by atoms with Crippen molar-refractivity contribution in [2.75, 3.05) is 0 Å². The number of aromatic nitrogens is 1. The summed E-state index contributed by atoms with van der Waals surface area (Å²) in [5, 5.41) is 3.64. The first-order valence-electron chi connectivity index (χ1n) is 5.23. The van der Waals surface area contributed by atoms with Gasteiger partial charge in [-0.25, -0.2) is 0 Å². The molecule has 1 aliphatic heterocycles. The van der Waals surface area contributed by atoms with Gasteiger partial charge in [-0.1, -0.05) is 13.3 Å². The van der Waals surface area contributed by atoms with E-state index >= 15 is 0 Å². The third-order valence-corrected chi connectivity index (χ3v) is 2.82. The molecule has 0 aromatic carbocycles. The normalized spacial score (nSPS) is 27.2. The minimum atomic E-state index is 0.579. The zero-order valence-electron chi connectivity index (χ0n) is 8.43. The molecule has 1 aliphatic rings. The fraction of sp³-hybridized carbons (Fsp3) is 0.636. The van der Waals surface area contributed by atoms with E-state index in [1.807, 2.05) is 0 Å². The van der Waals surface area contributed by atoms with Crippen LogP contribution < -0.4 is 5.32 Å². The van der Waals surface area contributed by atoms with Crippen molar-refractivity contribution in [2.45, 2.75) is 45.2 Å². The molecule has 0 aliphatic carbocycles. The van der Waals surface area contributed by atoms with Gasteiger partial charge in [0.25, 0.3) is 0 Å². The summed E-state index contributed by atoms with van der Waals surface area (Å²) in [5.74, 6) is 0. The average molecular weight is 178 g/mol. The first-order valence-corrected chi connectivity index (χ1v) is 5.23. The average Bonchev–Trinajstić information content (AvgIpc) is 2.52. The van der Waals surface area contributed by atoms with Crippen LogP contribution in [0.3, 0.4) is 0 Å². The minimum Gasteiger partial charge on any atom is -0.365 e. The first-order chi connectivity index (χ1) is 6.31. The van der Waals surface area contributed by atoms with Crippen LogP contribution >= 0.6 is 0 Å². The Balaban J connectivity index is 2.22. The van der Waals surface area contributed by atoms with E-state index in [-0.39, 0.29) is 0 Å². The van der Waals surface area contributed by atoms with E-state index in [1.165, 1.54) is 24.1 Å². The highest BCUT2D eigenvalue weighted by molar-refractivity contribution is 5.27. The van der Waals surface area contributed by atoms with E-state index in [9.17, 15) is 0 Å². The molecule has 1 aromatic rings. The highest BCUT2D eigenvalue weighted by atomic mass is 15.0. The molecular formula is C11H18N2. The maximum atomic E-state index is 3.64. The van der Waals surface area contributed by atoms with Gasteiger partial charge in [0.05, 0.1) is 0 Å². The number of hydrogen-bond donors (Lipinski definition) is 2. The molecule has 2 N–H and O–H groups in total. The molecule has 13 heavy (non-hydrogen) atoms. The Bertz CT molecular complexity index is 277. The van der Waals surface area contributed by atoms with Crippen molar-refractivity contribution in [1.29, 1.82) is 0 Å². The van der Waals surface area contributed by atoms with E-state index in [0.717, 1.165) is 6.42 Å². The van der Waals surface area contributed by atoms with Crippen molar-refractivity contribution in [3.8, 4) is 0 Å². The lowest BCUT2D eigenvalue weighted by Crippen LogP contribution is -2.36. The summed E-state index contributed by atoms with van der Waals surface area (Å²) in [6.07, 6.45) is 5.69. The third kappa shape index (κ3) is 1.63. The van der Waals surface area contributed by atoms with Gasteiger partial charge in [0.15, 0.2) is 0 Å². The van der Waals surface area contributed by atoms with E-state index in [2.05, 4.69) is 36.4 Å². The molecule has 0 saturated carbocycles. The highest BCUT2D eigenvalue weighted by Crippen LogP contribution is 2.27. The molecule has 0 bridgehead atoms. The Morgan fingerprint density at radius 2 is 2.38 bits per heavy atom. The number of H-pyrrole nitrogens is 1. The van der Waals surface area contributed by atoms with Crippen molar-refractivity contribution in [2.24, 2.45) is 0 Å². The van der Waals surface area contributed by atoms with E-state index in [4.69, 9.17) is 0 Å². The molecular weight excluding hydrogens is 160 g/mol. The van der Waals surface area contributed by atoms with E-state index < -0.39 is 0 Å². The van der Waals surface area contributed by atoms with Crippen molar-refractivity contribution >= 4 is 0 Å². The van der Waals surface area contributed by atoms with Crippen LogP contribution in [0.4, 0.5) is 0 Å². The molecule has 2 heteroatoms. The van der Waals surface area contributed by atoms with Crippen molar-refractivity contribution in [3.05, 3.63) is 23.5 Å². The summed E-state index contributed by atoms with van der Waals surface area (Å²) in [5.41, 5.74) is 2.92. The van der Waals surface area contributed by atoms with E-state index in [0.29, 0.717) is 12.1 Å². The van der Waals surface area contributed by atoms with Crippen molar-refractivity contribution < 1.29 is 0 Å². The largest absolute Gasteiger partial charge is 0.365 e. The maximum absolute atomic E-state index is 3.64. The lowest BCUT2D eigenvalue weighted by Gasteiger charge is -2.29. The van der Waals surface area contributed by atoms with Gasteiger partial charge in [0, 0.05) is 30.4 Å². The summed E-state index contributed by atoms with van der Waals surface area (Å²) < 4.78 is 0. The van der Waals surface area contributed by atoms with Crippen LogP contribution in [0.2, 0.25) is 0 Å². The maximum Gasteiger partial charge on any atom is 0.0340 e. The number of hydrogen-bond acceptors (Lipinski definition) is 1. The smallest absolute Gasteiger partial charge is 0.0340 e. The molecule has 2 heterocycles. The summed E-state index contributed by atoms with van der Waals surface area (Å²) in [6, 6.07) is 3.41. The molecule has 2 atom stereocenters. The summed E-state index contributed by atoms with van der Waals surface area (Å²) >= 11 is 0. The van der Waals surface area contributed by atoms with Crippen LogP contribution in [-0.4, -0.2) is 11.0 Å². The van der Waals surface area contributed by atoms with Gasteiger partial charge in [-0.05, 0) is 25.0 Å². The number of nitrogens with one attached hydrogen (secondary N) is 2. The van der Waals surface area contributed by atoms with Gasteiger partial charge in [-0.2, -0.15) is 0 Å². The SMILES string of the molecule is CCC[C@H]1N[C@H](C)Cc2[nH]ccc21. The fourth-order valence-electron chi connectivity index (χ4n) is 2.25. The second-order valence-corrected chi connectivity index (χ2v) is 4.02. The van der Waals surface area contributed by atoms with Crippen LogP contribution in [0.15, 0.2) is 12.3 Å².